The lowest BCUT2D eigenvalue weighted by Gasteiger charge is -2.08. The summed E-state index contributed by atoms with van der Waals surface area (Å²) in [5.74, 6) is 1.15. The third-order valence-electron chi connectivity index (χ3n) is 2.71. The highest BCUT2D eigenvalue weighted by molar-refractivity contribution is 9.11. The van der Waals surface area contributed by atoms with Crippen molar-refractivity contribution < 1.29 is 9.53 Å². The number of hydrogen-bond donors (Lipinski definition) is 1. The average Bonchev–Trinajstić information content (AvgIpc) is 2.51. The van der Waals surface area contributed by atoms with Crippen LogP contribution in [0.1, 0.15) is 6.92 Å². The molecule has 3 nitrogen and oxygen atoms in total. The summed E-state index contributed by atoms with van der Waals surface area (Å²) < 4.78 is 7.17. The van der Waals surface area contributed by atoms with Crippen molar-refractivity contribution >= 4 is 55.2 Å². The Kier molecular flexibility index (Phi) is 6.79. The summed E-state index contributed by atoms with van der Waals surface area (Å²) in [6, 6.07) is 13.4. The van der Waals surface area contributed by atoms with Gasteiger partial charge < -0.3 is 10.1 Å². The van der Waals surface area contributed by atoms with Gasteiger partial charge in [0.1, 0.15) is 5.75 Å². The number of anilines is 1. The summed E-state index contributed by atoms with van der Waals surface area (Å²) in [6.45, 7) is 2.60. The van der Waals surface area contributed by atoms with E-state index in [9.17, 15) is 4.79 Å². The Labute approximate surface area is 151 Å². The lowest BCUT2D eigenvalue weighted by atomic mass is 10.3. The Morgan fingerprint density at radius 3 is 2.59 bits per heavy atom. The Morgan fingerprint density at radius 1 is 1.18 bits per heavy atom. The number of amides is 1. The minimum Gasteiger partial charge on any atom is -0.494 e. The van der Waals surface area contributed by atoms with Crippen molar-refractivity contribution in [2.75, 3.05) is 17.7 Å². The van der Waals surface area contributed by atoms with Crippen LogP contribution in [0.3, 0.4) is 0 Å². The van der Waals surface area contributed by atoms with Gasteiger partial charge in [-0.2, -0.15) is 0 Å². The van der Waals surface area contributed by atoms with E-state index in [0.717, 1.165) is 25.3 Å². The van der Waals surface area contributed by atoms with Gasteiger partial charge in [0.2, 0.25) is 5.91 Å². The lowest BCUT2D eigenvalue weighted by molar-refractivity contribution is -0.113. The molecule has 22 heavy (non-hydrogen) atoms. The van der Waals surface area contributed by atoms with E-state index >= 15 is 0 Å². The van der Waals surface area contributed by atoms with Gasteiger partial charge >= 0.3 is 0 Å². The SMILES string of the molecule is CCOc1ccc(SCC(=O)Nc2cc(Br)ccc2Br)cc1. The smallest absolute Gasteiger partial charge is 0.234 e. The summed E-state index contributed by atoms with van der Waals surface area (Å²) >= 11 is 8.30. The van der Waals surface area contributed by atoms with Gasteiger partial charge in [0.15, 0.2) is 0 Å². The molecule has 2 aromatic rings. The minimum absolute atomic E-state index is 0.0438. The maximum atomic E-state index is 12.0. The van der Waals surface area contributed by atoms with Gasteiger partial charge in [0, 0.05) is 13.8 Å². The van der Waals surface area contributed by atoms with Crippen LogP contribution in [-0.2, 0) is 4.79 Å². The van der Waals surface area contributed by atoms with E-state index in [1.165, 1.54) is 11.8 Å². The fourth-order valence-corrected chi connectivity index (χ4v) is 3.13. The fourth-order valence-electron chi connectivity index (χ4n) is 1.73. The van der Waals surface area contributed by atoms with E-state index < -0.39 is 0 Å². The van der Waals surface area contributed by atoms with E-state index in [-0.39, 0.29) is 5.91 Å². The molecule has 0 aliphatic heterocycles. The van der Waals surface area contributed by atoms with Gasteiger partial charge in [-0.05, 0) is 65.3 Å². The second-order valence-electron chi connectivity index (χ2n) is 4.37. The quantitative estimate of drug-likeness (QED) is 0.611. The monoisotopic (exact) mass is 443 g/mol. The molecule has 0 fully saturated rings. The van der Waals surface area contributed by atoms with Crippen LogP contribution in [0, 0.1) is 0 Å². The van der Waals surface area contributed by atoms with E-state index in [4.69, 9.17) is 4.74 Å². The Hall–Kier alpha value is -0.980. The molecular formula is C16H15Br2NO2S. The van der Waals surface area contributed by atoms with Gasteiger partial charge in [-0.1, -0.05) is 15.9 Å². The third-order valence-corrected chi connectivity index (χ3v) is 4.90. The first-order valence-electron chi connectivity index (χ1n) is 6.69. The van der Waals surface area contributed by atoms with Crippen molar-refractivity contribution in [2.45, 2.75) is 11.8 Å². The molecule has 0 saturated carbocycles. The van der Waals surface area contributed by atoms with Crippen LogP contribution in [0.25, 0.3) is 0 Å². The number of carbonyl (C=O) groups is 1. The van der Waals surface area contributed by atoms with E-state index in [0.29, 0.717) is 12.4 Å². The molecule has 0 spiro atoms. The molecule has 6 heteroatoms. The maximum Gasteiger partial charge on any atom is 0.234 e. The molecule has 116 valence electrons. The predicted molar refractivity (Wildman–Crippen MR) is 98.8 cm³/mol. The largest absolute Gasteiger partial charge is 0.494 e. The predicted octanol–water partition coefficient (Wildman–Crippen LogP) is 5.34. The highest BCUT2D eigenvalue weighted by Gasteiger charge is 2.07. The normalized spacial score (nSPS) is 10.3. The average molecular weight is 445 g/mol. The molecule has 2 aromatic carbocycles. The molecule has 0 saturated heterocycles. The molecular weight excluding hydrogens is 430 g/mol. The van der Waals surface area contributed by atoms with Crippen LogP contribution in [0.15, 0.2) is 56.3 Å². The molecule has 1 amide bonds. The molecule has 0 aliphatic rings. The summed E-state index contributed by atoms with van der Waals surface area (Å²) in [4.78, 5) is 13.1. The number of halogens is 2. The van der Waals surface area contributed by atoms with E-state index in [1.807, 2.05) is 49.4 Å². The highest BCUT2D eigenvalue weighted by Crippen LogP contribution is 2.27. The maximum absolute atomic E-state index is 12.0. The number of ether oxygens (including phenoxy) is 1. The van der Waals surface area contributed by atoms with E-state index in [2.05, 4.69) is 37.2 Å². The third kappa shape index (κ3) is 5.34. The fraction of sp³-hybridized carbons (Fsp3) is 0.188. The first-order chi connectivity index (χ1) is 10.6. The Morgan fingerprint density at radius 2 is 1.91 bits per heavy atom. The van der Waals surface area contributed by atoms with Gasteiger partial charge in [0.05, 0.1) is 18.0 Å². The molecule has 0 heterocycles. The molecule has 0 aliphatic carbocycles. The van der Waals surface area contributed by atoms with Crippen molar-refractivity contribution in [3.63, 3.8) is 0 Å². The number of carbonyl (C=O) groups excluding carboxylic acids is 1. The number of hydrogen-bond acceptors (Lipinski definition) is 3. The Balaban J connectivity index is 1.88. The van der Waals surface area contributed by atoms with Gasteiger partial charge in [-0.3, -0.25) is 4.79 Å². The number of nitrogens with one attached hydrogen (secondary N) is 1. The summed E-state index contributed by atoms with van der Waals surface area (Å²) in [7, 11) is 0. The molecule has 1 N–H and O–H groups in total. The number of benzene rings is 2. The van der Waals surface area contributed by atoms with E-state index in [1.54, 1.807) is 0 Å². The van der Waals surface area contributed by atoms with Crippen LogP contribution < -0.4 is 10.1 Å². The van der Waals surface area contributed by atoms with Crippen molar-refractivity contribution in [1.82, 2.24) is 0 Å². The molecule has 0 atom stereocenters. The lowest BCUT2D eigenvalue weighted by Crippen LogP contribution is -2.14. The zero-order valence-electron chi connectivity index (χ0n) is 11.9. The van der Waals surface area contributed by atoms with Gasteiger partial charge in [-0.25, -0.2) is 0 Å². The van der Waals surface area contributed by atoms with Gasteiger partial charge in [0.25, 0.3) is 0 Å². The van der Waals surface area contributed by atoms with Crippen molar-refractivity contribution in [1.29, 1.82) is 0 Å². The molecule has 0 aromatic heterocycles. The zero-order chi connectivity index (χ0) is 15.9. The summed E-state index contributed by atoms with van der Waals surface area (Å²) in [6.07, 6.45) is 0. The van der Waals surface area contributed by atoms with Crippen LogP contribution in [0.2, 0.25) is 0 Å². The number of rotatable bonds is 6. The molecule has 2 rings (SSSR count). The van der Waals surface area contributed by atoms with Crippen LogP contribution in [0.4, 0.5) is 5.69 Å². The molecule has 0 radical (unpaired) electrons. The second kappa shape index (κ2) is 8.60. The van der Waals surface area contributed by atoms with Crippen molar-refractivity contribution in [2.24, 2.45) is 0 Å². The highest BCUT2D eigenvalue weighted by atomic mass is 79.9. The van der Waals surface area contributed by atoms with Crippen LogP contribution in [-0.4, -0.2) is 18.3 Å². The molecule has 0 unspecified atom stereocenters. The topological polar surface area (TPSA) is 38.3 Å². The minimum atomic E-state index is -0.0438. The first-order valence-corrected chi connectivity index (χ1v) is 9.26. The molecule has 0 bridgehead atoms. The number of thioether (sulfide) groups is 1. The van der Waals surface area contributed by atoms with Crippen LogP contribution >= 0.6 is 43.6 Å². The first kappa shape index (κ1) is 17.4. The standard InChI is InChI=1S/C16H15Br2NO2S/c1-2-21-12-4-6-13(7-5-12)22-10-16(20)19-15-9-11(17)3-8-14(15)18/h3-9H,2,10H2,1H3,(H,19,20). The second-order valence-corrected chi connectivity index (χ2v) is 7.18. The Bertz CT molecular complexity index is 647. The zero-order valence-corrected chi connectivity index (χ0v) is 15.9. The van der Waals surface area contributed by atoms with Gasteiger partial charge in [-0.15, -0.1) is 11.8 Å². The summed E-state index contributed by atoms with van der Waals surface area (Å²) in [5, 5.41) is 2.89. The summed E-state index contributed by atoms with van der Waals surface area (Å²) in [5.41, 5.74) is 0.756. The van der Waals surface area contributed by atoms with Crippen molar-refractivity contribution in [3.05, 3.63) is 51.4 Å². The van der Waals surface area contributed by atoms with Crippen LogP contribution in [0.5, 0.6) is 5.75 Å². The van der Waals surface area contributed by atoms with Crippen molar-refractivity contribution in [3.8, 4) is 5.75 Å².